The maximum Gasteiger partial charge on any atom is 0.0100 e. The van der Waals surface area contributed by atoms with E-state index in [0.29, 0.717) is 5.41 Å². The zero-order valence-electron chi connectivity index (χ0n) is 12.7. The van der Waals surface area contributed by atoms with Crippen LogP contribution in [0.2, 0.25) is 0 Å². The summed E-state index contributed by atoms with van der Waals surface area (Å²) < 4.78 is 0. The van der Waals surface area contributed by atoms with Crippen molar-refractivity contribution in [3.63, 3.8) is 0 Å². The Morgan fingerprint density at radius 1 is 1.06 bits per heavy atom. The van der Waals surface area contributed by atoms with Crippen molar-refractivity contribution in [2.24, 2.45) is 5.41 Å². The van der Waals surface area contributed by atoms with Crippen LogP contribution in [-0.4, -0.2) is 29.4 Å². The van der Waals surface area contributed by atoms with Crippen molar-refractivity contribution in [3.8, 4) is 0 Å². The predicted molar refractivity (Wildman–Crippen MR) is 85.5 cm³/mol. The van der Waals surface area contributed by atoms with E-state index in [1.54, 1.807) is 0 Å². The fourth-order valence-electron chi connectivity index (χ4n) is 3.72. The van der Waals surface area contributed by atoms with E-state index in [4.69, 9.17) is 0 Å². The van der Waals surface area contributed by atoms with E-state index in [1.807, 2.05) is 0 Å². The summed E-state index contributed by atoms with van der Waals surface area (Å²) in [5.74, 6) is 0. The van der Waals surface area contributed by atoms with Crippen molar-refractivity contribution in [2.45, 2.75) is 78.2 Å². The lowest BCUT2D eigenvalue weighted by atomic mass is 9.80. The summed E-state index contributed by atoms with van der Waals surface area (Å²) >= 11 is 3.81. The molecule has 0 radical (unpaired) electrons. The van der Waals surface area contributed by atoms with Crippen LogP contribution in [0, 0.1) is 5.41 Å². The Labute approximate surface area is 123 Å². The highest BCUT2D eigenvalue weighted by Gasteiger charge is 2.32. The molecule has 108 valence electrons. The highest BCUT2D eigenvalue weighted by Crippen LogP contribution is 2.35. The molecule has 0 atom stereocenters. The second-order valence-electron chi connectivity index (χ2n) is 6.14. The van der Waals surface area contributed by atoms with Crippen LogP contribution in [0.1, 0.15) is 72.1 Å². The van der Waals surface area contributed by atoms with Gasteiger partial charge in [0.1, 0.15) is 0 Å². The van der Waals surface area contributed by atoms with E-state index < -0.39 is 0 Å². The van der Waals surface area contributed by atoms with Gasteiger partial charge in [-0.3, -0.25) is 0 Å². The minimum absolute atomic E-state index is 0.516. The van der Waals surface area contributed by atoms with Gasteiger partial charge < -0.3 is 4.90 Å². The number of hydrogen-bond donors (Lipinski definition) is 0. The van der Waals surface area contributed by atoms with Crippen LogP contribution in [0.3, 0.4) is 0 Å². The maximum absolute atomic E-state index is 3.81. The van der Waals surface area contributed by atoms with Gasteiger partial charge in [0.2, 0.25) is 0 Å². The Balaban J connectivity index is 2.65. The van der Waals surface area contributed by atoms with E-state index in [9.17, 15) is 0 Å². The number of nitrogens with zero attached hydrogens (tertiary/aromatic N) is 1. The van der Waals surface area contributed by atoms with Gasteiger partial charge in [-0.05, 0) is 37.6 Å². The minimum Gasteiger partial charge on any atom is -0.300 e. The van der Waals surface area contributed by atoms with Crippen molar-refractivity contribution >= 4 is 15.9 Å². The highest BCUT2D eigenvalue weighted by atomic mass is 79.9. The van der Waals surface area contributed by atoms with E-state index in [1.165, 1.54) is 69.8 Å². The lowest BCUT2D eigenvalue weighted by molar-refractivity contribution is 0.114. The Morgan fingerprint density at radius 2 is 1.61 bits per heavy atom. The number of alkyl halides is 1. The Hall–Kier alpha value is 0.440. The van der Waals surface area contributed by atoms with Crippen molar-refractivity contribution < 1.29 is 0 Å². The van der Waals surface area contributed by atoms with Crippen molar-refractivity contribution in [1.82, 2.24) is 4.90 Å². The third-order valence-corrected chi connectivity index (χ3v) is 5.82. The van der Waals surface area contributed by atoms with Gasteiger partial charge in [0.15, 0.2) is 0 Å². The van der Waals surface area contributed by atoms with Crippen LogP contribution in [0.4, 0.5) is 0 Å². The lowest BCUT2D eigenvalue weighted by Crippen LogP contribution is -2.43. The van der Waals surface area contributed by atoms with Gasteiger partial charge in [0.25, 0.3) is 0 Å². The first kappa shape index (κ1) is 16.5. The molecule has 0 bridgehead atoms. The second-order valence-corrected chi connectivity index (χ2v) is 6.70. The summed E-state index contributed by atoms with van der Waals surface area (Å²) in [6, 6.07) is 0.877. The third kappa shape index (κ3) is 4.52. The molecule has 18 heavy (non-hydrogen) atoms. The van der Waals surface area contributed by atoms with E-state index in [-0.39, 0.29) is 0 Å². The molecule has 0 unspecified atom stereocenters. The van der Waals surface area contributed by atoms with Gasteiger partial charge in [-0.15, -0.1) is 0 Å². The predicted octanol–water partition coefficient (Wildman–Crippen LogP) is 5.23. The van der Waals surface area contributed by atoms with Crippen LogP contribution in [0.15, 0.2) is 0 Å². The van der Waals surface area contributed by atoms with Gasteiger partial charge in [-0.1, -0.05) is 62.4 Å². The molecule has 0 N–H and O–H groups in total. The molecular formula is C16H32BrN. The molecule has 1 nitrogen and oxygen atoms in total. The quantitative estimate of drug-likeness (QED) is 0.526. The van der Waals surface area contributed by atoms with Gasteiger partial charge in [-0.2, -0.15) is 0 Å². The monoisotopic (exact) mass is 317 g/mol. The Morgan fingerprint density at radius 3 is 2.00 bits per heavy atom. The van der Waals surface area contributed by atoms with Crippen LogP contribution in [0.5, 0.6) is 0 Å². The van der Waals surface area contributed by atoms with Crippen molar-refractivity contribution in [1.29, 1.82) is 0 Å². The van der Waals surface area contributed by atoms with Crippen molar-refractivity contribution in [3.05, 3.63) is 0 Å². The molecular weight excluding hydrogens is 286 g/mol. The third-order valence-electron chi connectivity index (χ3n) is 4.63. The first-order valence-corrected chi connectivity index (χ1v) is 9.13. The Kier molecular flexibility index (Phi) is 7.86. The fraction of sp³-hybridized carbons (Fsp3) is 1.00. The molecule has 1 saturated carbocycles. The lowest BCUT2D eigenvalue weighted by Gasteiger charge is -2.39. The van der Waals surface area contributed by atoms with E-state index in [2.05, 4.69) is 41.6 Å². The van der Waals surface area contributed by atoms with Gasteiger partial charge in [-0.25, -0.2) is 0 Å². The molecule has 0 saturated heterocycles. The van der Waals surface area contributed by atoms with Gasteiger partial charge in [0.05, 0.1) is 0 Å². The van der Waals surface area contributed by atoms with E-state index in [0.717, 1.165) is 6.04 Å². The molecule has 1 aliphatic carbocycles. The molecule has 0 aromatic carbocycles. The summed E-state index contributed by atoms with van der Waals surface area (Å²) in [6.07, 6.45) is 11.1. The SMILES string of the molecule is CCCC(CBr)(CCC)CN(CC)C1CCCC1. The normalized spacial score (nSPS) is 17.8. The van der Waals surface area contributed by atoms with Crippen LogP contribution >= 0.6 is 15.9 Å². The fourth-order valence-corrected chi connectivity index (χ4v) is 4.46. The topological polar surface area (TPSA) is 3.24 Å². The molecule has 1 aliphatic rings. The highest BCUT2D eigenvalue weighted by molar-refractivity contribution is 9.09. The maximum atomic E-state index is 3.81. The first-order valence-electron chi connectivity index (χ1n) is 8.01. The molecule has 0 aromatic heterocycles. The molecule has 0 aliphatic heterocycles. The molecule has 0 aromatic rings. The summed E-state index contributed by atoms with van der Waals surface area (Å²) in [6.45, 7) is 9.54. The summed E-state index contributed by atoms with van der Waals surface area (Å²) in [5.41, 5.74) is 0.516. The minimum atomic E-state index is 0.516. The molecule has 2 heteroatoms. The second kappa shape index (κ2) is 8.58. The zero-order chi connectivity index (χ0) is 13.4. The van der Waals surface area contributed by atoms with E-state index >= 15 is 0 Å². The molecule has 0 amide bonds. The van der Waals surface area contributed by atoms with Crippen LogP contribution < -0.4 is 0 Å². The number of hydrogen-bond acceptors (Lipinski definition) is 1. The molecule has 1 rings (SSSR count). The standard InChI is InChI=1S/C16H32BrN/c1-4-11-16(13-17,12-5-2)14-18(6-3)15-9-7-8-10-15/h15H,4-14H2,1-3H3. The largest absolute Gasteiger partial charge is 0.300 e. The average molecular weight is 318 g/mol. The zero-order valence-corrected chi connectivity index (χ0v) is 14.3. The Bertz CT molecular complexity index is 205. The number of halogens is 1. The smallest absolute Gasteiger partial charge is 0.0100 e. The summed E-state index contributed by atoms with van der Waals surface area (Å²) in [4.78, 5) is 2.78. The van der Waals surface area contributed by atoms with Crippen LogP contribution in [-0.2, 0) is 0 Å². The molecule has 1 fully saturated rings. The first-order chi connectivity index (χ1) is 8.71. The van der Waals surface area contributed by atoms with Gasteiger partial charge in [0, 0.05) is 17.9 Å². The summed E-state index contributed by atoms with van der Waals surface area (Å²) in [5, 5.41) is 1.17. The summed E-state index contributed by atoms with van der Waals surface area (Å²) in [7, 11) is 0. The van der Waals surface area contributed by atoms with Crippen LogP contribution in [0.25, 0.3) is 0 Å². The average Bonchev–Trinajstić information content (AvgIpc) is 2.90. The molecule has 0 heterocycles. The molecule has 0 spiro atoms. The van der Waals surface area contributed by atoms with Gasteiger partial charge >= 0.3 is 0 Å². The number of rotatable bonds is 9. The van der Waals surface area contributed by atoms with Crippen molar-refractivity contribution in [2.75, 3.05) is 18.4 Å².